The van der Waals surface area contributed by atoms with Crippen LogP contribution in [0.2, 0.25) is 0 Å². The number of hydrogen-bond acceptors (Lipinski definition) is 3. The fraction of sp³-hybridized carbons (Fsp3) is 0.300. The zero-order valence-corrected chi connectivity index (χ0v) is 16.2. The molecule has 2 rings (SSSR count). The summed E-state index contributed by atoms with van der Waals surface area (Å²) in [6.07, 6.45) is 0.323. The Hall–Kier alpha value is -2.34. The molecule has 2 N–H and O–H groups in total. The summed E-state index contributed by atoms with van der Waals surface area (Å²) < 4.78 is 6.25. The Kier molecular flexibility index (Phi) is 7.66. The van der Waals surface area contributed by atoms with Crippen molar-refractivity contribution in [2.45, 2.75) is 38.8 Å². The summed E-state index contributed by atoms with van der Waals surface area (Å²) in [4.78, 5) is 23.0. The average molecular weight is 420 g/mol. The number of hydrogen-bond donors (Lipinski definition) is 2. The molecular weight excluding hydrogens is 398 g/mol. The molecule has 138 valence electrons. The van der Waals surface area contributed by atoms with Gasteiger partial charge in [-0.3, -0.25) is 4.79 Å². The van der Waals surface area contributed by atoms with Crippen LogP contribution < -0.4 is 5.32 Å². The molecule has 1 atom stereocenters. The number of amides is 1. The van der Waals surface area contributed by atoms with E-state index in [1.165, 1.54) is 0 Å². The summed E-state index contributed by atoms with van der Waals surface area (Å²) in [5.74, 6) is -0.888. The van der Waals surface area contributed by atoms with E-state index < -0.39 is 12.1 Å². The van der Waals surface area contributed by atoms with Gasteiger partial charge in [0.15, 0.2) is 0 Å². The number of aliphatic carboxylic acids is 1. The number of carboxylic acid groups (broad SMARTS) is 1. The first kappa shape index (κ1) is 20.0. The highest BCUT2D eigenvalue weighted by atomic mass is 79.9. The number of alkyl carbamates (subject to hydrolysis) is 1. The van der Waals surface area contributed by atoms with Gasteiger partial charge in [-0.05, 0) is 42.5 Å². The first-order valence-corrected chi connectivity index (χ1v) is 9.17. The van der Waals surface area contributed by atoms with E-state index in [1.54, 1.807) is 0 Å². The van der Waals surface area contributed by atoms with E-state index in [1.807, 2.05) is 55.5 Å². The van der Waals surface area contributed by atoms with Crippen molar-refractivity contribution in [2.75, 3.05) is 0 Å². The molecule has 0 aliphatic rings. The lowest BCUT2D eigenvalue weighted by Gasteiger charge is -2.18. The van der Waals surface area contributed by atoms with E-state index in [0.29, 0.717) is 12.8 Å². The van der Waals surface area contributed by atoms with E-state index in [2.05, 4.69) is 21.2 Å². The van der Waals surface area contributed by atoms with Crippen molar-refractivity contribution >= 4 is 28.0 Å². The Bertz CT molecular complexity index is 749. The maximum atomic E-state index is 12.1. The third kappa shape index (κ3) is 6.88. The fourth-order valence-electron chi connectivity index (χ4n) is 2.57. The number of carbonyl (C=O) groups is 2. The number of rotatable bonds is 8. The highest BCUT2D eigenvalue weighted by Gasteiger charge is 2.16. The van der Waals surface area contributed by atoms with E-state index in [4.69, 9.17) is 9.84 Å². The highest BCUT2D eigenvalue weighted by Crippen LogP contribution is 2.19. The van der Waals surface area contributed by atoms with Crippen molar-refractivity contribution in [3.8, 4) is 0 Å². The van der Waals surface area contributed by atoms with E-state index >= 15 is 0 Å². The molecule has 0 spiro atoms. The van der Waals surface area contributed by atoms with Crippen molar-refractivity contribution in [1.29, 1.82) is 0 Å². The van der Waals surface area contributed by atoms with Crippen LogP contribution in [-0.2, 0) is 22.6 Å². The molecule has 0 bridgehead atoms. The second kappa shape index (κ2) is 9.97. The van der Waals surface area contributed by atoms with Gasteiger partial charge in [-0.15, -0.1) is 0 Å². The molecule has 1 amide bonds. The molecule has 0 aliphatic carbocycles. The van der Waals surface area contributed by atoms with Gasteiger partial charge in [-0.2, -0.15) is 0 Å². The van der Waals surface area contributed by atoms with Crippen molar-refractivity contribution in [2.24, 2.45) is 0 Å². The average Bonchev–Trinajstić information content (AvgIpc) is 2.62. The molecule has 0 radical (unpaired) electrons. The number of aryl methyl sites for hydroxylation is 1. The largest absolute Gasteiger partial charge is 0.481 e. The Labute approximate surface area is 161 Å². The SMILES string of the molecule is Cc1cc(CC(CCC(=O)O)NC(=O)OCc2ccccc2)ccc1Br. The quantitative estimate of drug-likeness (QED) is 0.661. The van der Waals surface area contributed by atoms with Gasteiger partial charge in [-0.1, -0.05) is 58.4 Å². The van der Waals surface area contributed by atoms with Gasteiger partial charge >= 0.3 is 12.1 Å². The van der Waals surface area contributed by atoms with Gasteiger partial charge in [0.25, 0.3) is 0 Å². The molecular formula is C20H22BrNO4. The number of carboxylic acids is 1. The lowest BCUT2D eigenvalue weighted by atomic mass is 10.0. The van der Waals surface area contributed by atoms with Crippen LogP contribution in [0.4, 0.5) is 4.79 Å². The summed E-state index contributed by atoms with van der Waals surface area (Å²) in [6, 6.07) is 15.0. The van der Waals surface area contributed by atoms with Gasteiger partial charge in [0.05, 0.1) is 0 Å². The van der Waals surface area contributed by atoms with Crippen LogP contribution in [0.15, 0.2) is 53.0 Å². The zero-order valence-electron chi connectivity index (χ0n) is 14.6. The van der Waals surface area contributed by atoms with Crippen molar-refractivity contribution in [3.05, 3.63) is 69.7 Å². The minimum atomic E-state index is -0.888. The molecule has 2 aromatic rings. The molecule has 0 aliphatic heterocycles. The molecule has 2 aromatic carbocycles. The van der Waals surface area contributed by atoms with E-state index in [9.17, 15) is 9.59 Å². The van der Waals surface area contributed by atoms with Crippen LogP contribution in [0.1, 0.15) is 29.5 Å². The van der Waals surface area contributed by atoms with Crippen molar-refractivity contribution < 1.29 is 19.4 Å². The predicted octanol–water partition coefficient (Wildman–Crippen LogP) is 4.46. The Morgan fingerprint density at radius 1 is 1.15 bits per heavy atom. The van der Waals surface area contributed by atoms with Crippen molar-refractivity contribution in [1.82, 2.24) is 5.32 Å². The summed E-state index contributed by atoms with van der Waals surface area (Å²) in [6.45, 7) is 2.16. The second-order valence-electron chi connectivity index (χ2n) is 6.12. The summed E-state index contributed by atoms with van der Waals surface area (Å²) >= 11 is 3.46. The smallest absolute Gasteiger partial charge is 0.407 e. The number of carbonyl (C=O) groups excluding carboxylic acids is 1. The number of ether oxygens (including phenoxy) is 1. The molecule has 0 heterocycles. The maximum Gasteiger partial charge on any atom is 0.407 e. The number of nitrogens with one attached hydrogen (secondary N) is 1. The van der Waals surface area contributed by atoms with Crippen LogP contribution in [0.3, 0.4) is 0 Å². The molecule has 0 fully saturated rings. The van der Waals surface area contributed by atoms with Gasteiger partial charge in [0, 0.05) is 16.9 Å². The van der Waals surface area contributed by atoms with E-state index in [0.717, 1.165) is 21.2 Å². The topological polar surface area (TPSA) is 75.6 Å². The zero-order chi connectivity index (χ0) is 18.9. The summed E-state index contributed by atoms with van der Waals surface area (Å²) in [7, 11) is 0. The number of halogens is 1. The Morgan fingerprint density at radius 2 is 1.88 bits per heavy atom. The maximum absolute atomic E-state index is 12.1. The first-order valence-electron chi connectivity index (χ1n) is 8.38. The van der Waals surface area contributed by atoms with Crippen LogP contribution in [0.5, 0.6) is 0 Å². The van der Waals surface area contributed by atoms with Crippen LogP contribution in [0.25, 0.3) is 0 Å². The van der Waals surface area contributed by atoms with Gasteiger partial charge < -0.3 is 15.2 Å². The van der Waals surface area contributed by atoms with Crippen molar-refractivity contribution in [3.63, 3.8) is 0 Å². The lowest BCUT2D eigenvalue weighted by Crippen LogP contribution is -2.37. The van der Waals surface area contributed by atoms with Gasteiger partial charge in [0.1, 0.15) is 6.61 Å². The van der Waals surface area contributed by atoms with Crippen LogP contribution in [-0.4, -0.2) is 23.2 Å². The molecule has 6 heteroatoms. The highest BCUT2D eigenvalue weighted by molar-refractivity contribution is 9.10. The molecule has 0 saturated carbocycles. The fourth-order valence-corrected chi connectivity index (χ4v) is 2.82. The Balaban J connectivity index is 1.95. The minimum Gasteiger partial charge on any atom is -0.481 e. The number of benzene rings is 2. The molecule has 1 unspecified atom stereocenters. The molecule has 0 saturated heterocycles. The normalized spacial score (nSPS) is 11.6. The van der Waals surface area contributed by atoms with E-state index in [-0.39, 0.29) is 19.1 Å². The molecule has 0 aromatic heterocycles. The second-order valence-corrected chi connectivity index (χ2v) is 6.98. The molecule has 26 heavy (non-hydrogen) atoms. The molecule has 5 nitrogen and oxygen atoms in total. The predicted molar refractivity (Wildman–Crippen MR) is 103 cm³/mol. The first-order chi connectivity index (χ1) is 12.4. The summed E-state index contributed by atoms with van der Waals surface area (Å²) in [5.41, 5.74) is 3.02. The minimum absolute atomic E-state index is 0.0147. The monoisotopic (exact) mass is 419 g/mol. The lowest BCUT2D eigenvalue weighted by molar-refractivity contribution is -0.137. The standard InChI is InChI=1S/C20H22BrNO4/c1-14-11-16(7-9-18(14)21)12-17(8-10-19(23)24)22-20(25)26-13-15-5-3-2-4-6-15/h2-7,9,11,17H,8,10,12-13H2,1H3,(H,22,25)(H,23,24). The third-order valence-electron chi connectivity index (χ3n) is 3.95. The van der Waals surface area contributed by atoms with Crippen LogP contribution >= 0.6 is 15.9 Å². The third-order valence-corrected chi connectivity index (χ3v) is 4.84. The Morgan fingerprint density at radius 3 is 2.54 bits per heavy atom. The van der Waals surface area contributed by atoms with Gasteiger partial charge in [-0.25, -0.2) is 4.79 Å². The van der Waals surface area contributed by atoms with Crippen LogP contribution in [0, 0.1) is 6.92 Å². The summed E-state index contributed by atoms with van der Waals surface area (Å²) in [5, 5.41) is 11.7. The van der Waals surface area contributed by atoms with Gasteiger partial charge in [0.2, 0.25) is 0 Å².